The SMILES string of the molecule is COc1ccc(CN2C3CC2CN(c2ccc(-c4cc(C)cc(Cc5cc(C)[nH]n5)n4)cn2)C3)cc1.COc1ccc(CN2C3CC2CN(c2ncc(-c4nc(C)cc(Cc5cc(C)[nH]n5)n4)s2)C3)cc1.Cc1cc(Cc2cc(C)[nH]n2)nc(-c2ccc(N3CC4CC(C3)N4Cc3ccc(-n4nccc4C(C)C)nc3)nc2)n1. The molecule has 26 heteroatoms. The van der Waals surface area contributed by atoms with Gasteiger partial charge in [-0.15, -0.1) is 0 Å². The highest BCUT2D eigenvalue weighted by atomic mass is 32.1. The van der Waals surface area contributed by atoms with Crippen molar-refractivity contribution in [3.8, 4) is 50.7 Å². The molecule has 0 aliphatic carbocycles. The normalized spacial score (nSPS) is 19.1. The molecule has 25 nitrogen and oxygen atoms in total. The maximum absolute atomic E-state index is 5.29. The van der Waals surface area contributed by atoms with Gasteiger partial charge in [0.2, 0.25) is 0 Å². The largest absolute Gasteiger partial charge is 0.497 e. The summed E-state index contributed by atoms with van der Waals surface area (Å²) in [6, 6.07) is 49.6. The summed E-state index contributed by atoms with van der Waals surface area (Å²) < 4.78 is 12.5. The van der Waals surface area contributed by atoms with Gasteiger partial charge in [0, 0.05) is 190 Å². The Morgan fingerprint density at radius 2 is 0.876 bits per heavy atom. The van der Waals surface area contributed by atoms with Crippen molar-refractivity contribution in [2.45, 2.75) is 156 Å². The molecule has 9 aliphatic rings. The quantitative estimate of drug-likeness (QED) is 0.0570. The van der Waals surface area contributed by atoms with Gasteiger partial charge in [-0.3, -0.25) is 35.0 Å². The molecule has 13 aromatic rings. The molecule has 2 aromatic carbocycles. The van der Waals surface area contributed by atoms with E-state index in [1.807, 2.05) is 107 Å². The number of piperidine rings is 3. The molecule has 0 radical (unpaired) electrons. The molecule has 578 valence electrons. The number of pyridine rings is 4. The van der Waals surface area contributed by atoms with E-state index in [0.29, 0.717) is 67.3 Å². The summed E-state index contributed by atoms with van der Waals surface area (Å²) in [6.45, 7) is 25.5. The molecule has 11 aromatic heterocycles. The van der Waals surface area contributed by atoms with Crippen molar-refractivity contribution >= 4 is 28.1 Å². The van der Waals surface area contributed by atoms with Crippen LogP contribution in [0.25, 0.3) is 39.2 Å². The number of methoxy groups -OCH3 is 2. The summed E-state index contributed by atoms with van der Waals surface area (Å²) in [4.78, 5) is 59.3. The van der Waals surface area contributed by atoms with Crippen molar-refractivity contribution in [3.05, 3.63) is 255 Å². The van der Waals surface area contributed by atoms with Gasteiger partial charge in [0.15, 0.2) is 22.6 Å². The first-order chi connectivity index (χ1) is 55.0. The predicted molar refractivity (Wildman–Crippen MR) is 440 cm³/mol. The van der Waals surface area contributed by atoms with Crippen molar-refractivity contribution in [3.63, 3.8) is 0 Å². The number of nitrogens with zero attached hydrogens (tertiary/aromatic N) is 20. The summed E-state index contributed by atoms with van der Waals surface area (Å²) in [5, 5.41) is 27.6. The lowest BCUT2D eigenvalue weighted by Gasteiger charge is -2.56. The first-order valence-corrected chi connectivity index (χ1v) is 40.1. The number of piperazine rings is 3. The Bertz CT molecular complexity index is 5390. The summed E-state index contributed by atoms with van der Waals surface area (Å²) in [6.07, 6.45) is 15.5. The number of benzene rings is 2. The standard InChI is InChI=1S/C32H36N10.C29H32N6O.C26H29N7OS/c1-20(2)29-9-10-35-42(29)31-7-5-23(15-33-31)17-41-27-14-28(41)19-40(18-27)30-8-6-24(16-34-30)32-36-21(3)11-25(37-32)13-26-12-22(4)38-39-26;1-19-10-23(13-24-12-20(2)32-33-24)31-28(11-19)22-6-9-29(30-15-22)34-17-25-14-26(18-34)35(25)16-21-4-7-27(36-3)8-5-21;1-16-8-19(10-20-9-17(2)30-31-20)29-25(28-16)24-12-27-26(35-24)32-14-21-11-22(15-32)33(21)13-18-4-6-23(34-3)7-5-18/h5-12,15-16,20,27-28H,13-14,17-19H2,1-4H3,(H,38,39);4-12,15,25-26H,13-14,16-18H2,1-3H3,(H,32,33);4-9,12,21-22H,10-11,13-15H2,1-3H3,(H,30,31). The number of rotatable bonds is 22. The molecule has 6 bridgehead atoms. The number of anilines is 3. The molecule has 6 atom stereocenters. The van der Waals surface area contributed by atoms with E-state index in [2.05, 4.69) is 188 Å². The van der Waals surface area contributed by atoms with E-state index < -0.39 is 0 Å². The van der Waals surface area contributed by atoms with Gasteiger partial charge in [-0.2, -0.15) is 20.4 Å². The Kier molecular flexibility index (Phi) is 21.3. The molecular weight excluding hydrogens is 1430 g/mol. The van der Waals surface area contributed by atoms with Crippen molar-refractivity contribution < 1.29 is 9.47 Å². The fraction of sp³-hybridized carbons (Fsp3) is 0.368. The van der Waals surface area contributed by atoms with Crippen LogP contribution in [-0.4, -0.2) is 190 Å². The lowest BCUT2D eigenvalue weighted by atomic mass is 9.86. The molecule has 9 saturated heterocycles. The number of thiazole rings is 1. The van der Waals surface area contributed by atoms with Crippen LogP contribution in [0, 0.1) is 41.5 Å². The van der Waals surface area contributed by atoms with Gasteiger partial charge in [-0.25, -0.2) is 44.6 Å². The van der Waals surface area contributed by atoms with Crippen LogP contribution in [0.3, 0.4) is 0 Å². The predicted octanol–water partition coefficient (Wildman–Crippen LogP) is 13.2. The van der Waals surface area contributed by atoms with Gasteiger partial charge in [0.1, 0.15) is 23.1 Å². The highest BCUT2D eigenvalue weighted by Gasteiger charge is 2.47. The lowest BCUT2D eigenvalue weighted by Crippen LogP contribution is -2.68. The van der Waals surface area contributed by atoms with Gasteiger partial charge in [-0.1, -0.05) is 55.5 Å². The molecule has 6 unspecified atom stereocenters. The zero-order valence-corrected chi connectivity index (χ0v) is 66.7. The van der Waals surface area contributed by atoms with E-state index >= 15 is 0 Å². The van der Waals surface area contributed by atoms with Crippen LogP contribution < -0.4 is 24.2 Å². The average Bonchev–Trinajstić information content (AvgIpc) is 1.73. The van der Waals surface area contributed by atoms with Gasteiger partial charge in [0.25, 0.3) is 0 Å². The number of aryl methyl sites for hydroxylation is 6. The highest BCUT2D eigenvalue weighted by Crippen LogP contribution is 2.41. The van der Waals surface area contributed by atoms with Crippen LogP contribution in [0.1, 0.15) is 130 Å². The van der Waals surface area contributed by atoms with E-state index in [-0.39, 0.29) is 0 Å². The first kappa shape index (κ1) is 74.3. The highest BCUT2D eigenvalue weighted by molar-refractivity contribution is 7.18. The van der Waals surface area contributed by atoms with Crippen molar-refractivity contribution in [1.29, 1.82) is 0 Å². The Hall–Kier alpha value is -11.5. The molecule has 0 spiro atoms. The van der Waals surface area contributed by atoms with Gasteiger partial charge >= 0.3 is 0 Å². The number of aromatic amines is 3. The minimum absolute atomic E-state index is 0.397. The minimum Gasteiger partial charge on any atom is -0.497 e. The third kappa shape index (κ3) is 16.9. The zero-order valence-electron chi connectivity index (χ0n) is 65.9. The minimum atomic E-state index is 0.397. The number of aromatic nitrogens is 17. The third-order valence-corrected chi connectivity index (χ3v) is 23.7. The summed E-state index contributed by atoms with van der Waals surface area (Å²) in [5.41, 5.74) is 20.2. The van der Waals surface area contributed by atoms with Crippen LogP contribution in [0.5, 0.6) is 11.5 Å². The van der Waals surface area contributed by atoms with Gasteiger partial charge in [0.05, 0.1) is 59.5 Å². The van der Waals surface area contributed by atoms with E-state index in [1.165, 1.54) is 47.2 Å². The van der Waals surface area contributed by atoms with Gasteiger partial charge in [-0.05, 0) is 192 Å². The number of fused-ring (bicyclic) bond motifs is 6. The molecule has 22 rings (SSSR count). The zero-order chi connectivity index (χ0) is 77.4. The van der Waals surface area contributed by atoms with E-state index in [1.54, 1.807) is 25.6 Å². The number of hydrogen-bond acceptors (Lipinski definition) is 22. The number of H-pyrrole nitrogens is 3. The van der Waals surface area contributed by atoms with Crippen molar-refractivity contribution in [2.75, 3.05) is 68.2 Å². The summed E-state index contributed by atoms with van der Waals surface area (Å²) >= 11 is 1.69. The monoisotopic (exact) mass is 1530 g/mol. The molecule has 3 N–H and O–H groups in total. The first-order valence-electron chi connectivity index (χ1n) is 39.3. The van der Waals surface area contributed by atoms with Crippen LogP contribution in [0.2, 0.25) is 0 Å². The van der Waals surface area contributed by atoms with Crippen LogP contribution in [-0.2, 0) is 38.9 Å². The molecule has 0 amide bonds. The fourth-order valence-corrected chi connectivity index (χ4v) is 17.8. The Labute approximate surface area is 663 Å². The number of hydrogen-bond donors (Lipinski definition) is 3. The third-order valence-electron chi connectivity index (χ3n) is 22.6. The molecule has 9 fully saturated rings. The topological polar surface area (TPSA) is 258 Å². The summed E-state index contributed by atoms with van der Waals surface area (Å²) in [5.74, 6) is 6.61. The molecular formula is C87H97N23O2S. The van der Waals surface area contributed by atoms with Crippen LogP contribution in [0.4, 0.5) is 16.8 Å². The molecule has 0 saturated carbocycles. The number of nitrogens with one attached hydrogen (secondary N) is 3. The Balaban J connectivity index is 0.000000123. The van der Waals surface area contributed by atoms with Crippen molar-refractivity contribution in [2.24, 2.45) is 0 Å². The van der Waals surface area contributed by atoms with Crippen molar-refractivity contribution in [1.82, 2.24) is 99.9 Å². The van der Waals surface area contributed by atoms with E-state index in [0.717, 1.165) is 183 Å². The van der Waals surface area contributed by atoms with Crippen LogP contribution >= 0.6 is 11.3 Å². The average molecular weight is 1530 g/mol. The Morgan fingerprint density at radius 3 is 1.34 bits per heavy atom. The molecule has 9 aliphatic heterocycles. The Morgan fingerprint density at radius 1 is 0.425 bits per heavy atom. The van der Waals surface area contributed by atoms with E-state index in [9.17, 15) is 0 Å². The fourth-order valence-electron chi connectivity index (χ4n) is 16.9. The van der Waals surface area contributed by atoms with Gasteiger partial charge < -0.3 is 24.2 Å². The molecule has 113 heavy (non-hydrogen) atoms. The van der Waals surface area contributed by atoms with Crippen LogP contribution in [0.15, 0.2) is 164 Å². The summed E-state index contributed by atoms with van der Waals surface area (Å²) in [7, 11) is 3.42. The maximum atomic E-state index is 5.29. The smallest absolute Gasteiger partial charge is 0.186 e. The second kappa shape index (κ2) is 32.3. The molecule has 20 heterocycles. The lowest BCUT2D eigenvalue weighted by molar-refractivity contribution is -0.00876. The second-order valence-corrected chi connectivity index (χ2v) is 32.6. The van der Waals surface area contributed by atoms with E-state index in [4.69, 9.17) is 49.3 Å². The second-order valence-electron chi connectivity index (χ2n) is 31.5. The number of ether oxygens (including phenoxy) is 2. The maximum Gasteiger partial charge on any atom is 0.186 e.